The van der Waals surface area contributed by atoms with Gasteiger partial charge in [-0.3, -0.25) is 19.9 Å². The molecular weight excluding hydrogens is 340 g/mol. The summed E-state index contributed by atoms with van der Waals surface area (Å²) in [7, 11) is 0. The van der Waals surface area contributed by atoms with Gasteiger partial charge in [-0.05, 0) is 18.2 Å². The zero-order chi connectivity index (χ0) is 18.7. The Bertz CT molecular complexity index is 1120. The van der Waals surface area contributed by atoms with E-state index >= 15 is 0 Å². The summed E-state index contributed by atoms with van der Waals surface area (Å²) in [5, 5.41) is 21.4. The van der Waals surface area contributed by atoms with Gasteiger partial charge in [-0.2, -0.15) is 0 Å². The highest BCUT2D eigenvalue weighted by Crippen LogP contribution is 2.26. The Hall–Kier alpha value is -4.01. The van der Waals surface area contributed by atoms with Crippen LogP contribution in [-0.4, -0.2) is 25.8 Å². The molecule has 0 saturated carbocycles. The lowest BCUT2D eigenvalue weighted by atomic mass is 10.2. The van der Waals surface area contributed by atoms with Crippen LogP contribution in [0.4, 0.5) is 11.4 Å². The molecule has 0 aliphatic rings. The fraction of sp³-hybridized carbons (Fsp3) is 0. The molecule has 0 radical (unpaired) electrons. The van der Waals surface area contributed by atoms with E-state index in [4.69, 9.17) is 0 Å². The summed E-state index contributed by atoms with van der Waals surface area (Å²) >= 11 is 0. The van der Waals surface area contributed by atoms with Crippen LogP contribution in [0.5, 0.6) is 5.88 Å². The fourth-order valence-corrected chi connectivity index (χ4v) is 2.33. The number of para-hydroxylation sites is 3. The number of benzene rings is 2. The second kappa shape index (κ2) is 6.85. The second-order valence-corrected chi connectivity index (χ2v) is 5.17. The lowest BCUT2D eigenvalue weighted by molar-refractivity contribution is -0.384. The topological polar surface area (TPSA) is 131 Å². The molecular formula is C17H12N4O5. The molecule has 3 aromatic rings. The summed E-state index contributed by atoms with van der Waals surface area (Å²) in [5.74, 6) is -0.618. The van der Waals surface area contributed by atoms with Crippen molar-refractivity contribution in [3.63, 3.8) is 0 Å². The van der Waals surface area contributed by atoms with Crippen LogP contribution >= 0.6 is 0 Å². The van der Waals surface area contributed by atoms with Gasteiger partial charge in [-0.1, -0.05) is 30.3 Å². The minimum atomic E-state index is -0.859. The predicted molar refractivity (Wildman–Crippen MR) is 94.7 cm³/mol. The van der Waals surface area contributed by atoms with E-state index in [9.17, 15) is 24.8 Å². The number of aliphatic imine (C=N–C) groups is 1. The smallest absolute Gasteiger partial charge is 0.335 e. The Labute approximate surface area is 145 Å². The van der Waals surface area contributed by atoms with Crippen LogP contribution in [0.3, 0.4) is 0 Å². The number of hydrogen-bond acceptors (Lipinski definition) is 6. The summed E-state index contributed by atoms with van der Waals surface area (Å²) in [4.78, 5) is 40.5. The molecule has 0 fully saturated rings. The summed E-state index contributed by atoms with van der Waals surface area (Å²) in [6.45, 7) is 0. The zero-order valence-corrected chi connectivity index (χ0v) is 13.2. The van der Waals surface area contributed by atoms with Gasteiger partial charge < -0.3 is 5.11 Å². The molecule has 2 N–H and O–H groups in total. The Kier molecular flexibility index (Phi) is 4.44. The lowest BCUT2D eigenvalue weighted by Crippen LogP contribution is -2.31. The minimum absolute atomic E-state index is 0.00811. The van der Waals surface area contributed by atoms with Gasteiger partial charge in [0.15, 0.2) is 0 Å². The normalized spacial score (nSPS) is 10.9. The van der Waals surface area contributed by atoms with Crippen molar-refractivity contribution in [3.8, 4) is 11.6 Å². The van der Waals surface area contributed by atoms with Gasteiger partial charge >= 0.3 is 5.69 Å². The zero-order valence-electron chi connectivity index (χ0n) is 13.2. The van der Waals surface area contributed by atoms with E-state index in [2.05, 4.69) is 9.98 Å². The minimum Gasteiger partial charge on any atom is -0.493 e. The lowest BCUT2D eigenvalue weighted by Gasteiger charge is -2.09. The van der Waals surface area contributed by atoms with Crippen LogP contribution < -0.4 is 11.2 Å². The molecule has 0 bridgehead atoms. The van der Waals surface area contributed by atoms with Crippen molar-refractivity contribution in [3.05, 3.63) is 91.1 Å². The first-order valence-electron chi connectivity index (χ1n) is 7.40. The number of hydrogen-bond donors (Lipinski definition) is 2. The second-order valence-electron chi connectivity index (χ2n) is 5.17. The van der Waals surface area contributed by atoms with Crippen LogP contribution in [0.15, 0.2) is 69.2 Å². The number of aromatic amines is 1. The van der Waals surface area contributed by atoms with E-state index in [1.165, 1.54) is 18.2 Å². The number of nitro groups is 1. The Morgan fingerprint density at radius 2 is 1.73 bits per heavy atom. The van der Waals surface area contributed by atoms with E-state index in [0.29, 0.717) is 5.69 Å². The largest absolute Gasteiger partial charge is 0.493 e. The Balaban J connectivity index is 2.14. The van der Waals surface area contributed by atoms with Crippen LogP contribution in [0.1, 0.15) is 5.56 Å². The first-order chi connectivity index (χ1) is 12.5. The van der Waals surface area contributed by atoms with Crippen LogP contribution in [0.25, 0.3) is 5.69 Å². The standard InChI is InChI=1S/C17H12N4O5/c22-15-12(10-18-13-8-4-5-9-14(13)21(25)26)16(23)20(17(24)19-15)11-6-2-1-3-7-11/h1-10,23H,(H,19,22,24). The molecule has 2 aromatic carbocycles. The Morgan fingerprint density at radius 1 is 1.08 bits per heavy atom. The van der Waals surface area contributed by atoms with Crippen LogP contribution in [0.2, 0.25) is 0 Å². The number of nitro benzene ring substituents is 1. The van der Waals surface area contributed by atoms with Gasteiger partial charge in [0, 0.05) is 12.3 Å². The molecule has 1 heterocycles. The number of nitrogens with zero attached hydrogens (tertiary/aromatic N) is 3. The van der Waals surface area contributed by atoms with E-state index < -0.39 is 22.1 Å². The summed E-state index contributed by atoms with van der Waals surface area (Å²) < 4.78 is 0.905. The van der Waals surface area contributed by atoms with Crippen molar-refractivity contribution in [2.24, 2.45) is 4.99 Å². The highest BCUT2D eigenvalue weighted by atomic mass is 16.6. The van der Waals surface area contributed by atoms with Crippen LogP contribution in [-0.2, 0) is 0 Å². The molecule has 0 aliphatic carbocycles. The highest BCUT2D eigenvalue weighted by molar-refractivity contribution is 5.85. The quantitative estimate of drug-likeness (QED) is 0.420. The molecule has 0 saturated heterocycles. The molecule has 1 aromatic heterocycles. The molecule has 3 rings (SSSR count). The summed E-state index contributed by atoms with van der Waals surface area (Å²) in [6.07, 6.45) is 0.982. The monoisotopic (exact) mass is 352 g/mol. The van der Waals surface area contributed by atoms with Gasteiger partial charge in [0.1, 0.15) is 11.3 Å². The first-order valence-corrected chi connectivity index (χ1v) is 7.40. The van der Waals surface area contributed by atoms with Gasteiger partial charge in [-0.15, -0.1) is 0 Å². The SMILES string of the molecule is O=c1[nH]c(=O)n(-c2ccccc2)c(O)c1C=Nc1ccccc1[N+](=O)[O-]. The van der Waals surface area contributed by atoms with Gasteiger partial charge in [0.2, 0.25) is 5.88 Å². The van der Waals surface area contributed by atoms with Crippen molar-refractivity contribution in [2.45, 2.75) is 0 Å². The summed E-state index contributed by atoms with van der Waals surface area (Å²) in [6, 6.07) is 13.9. The number of nitrogens with one attached hydrogen (secondary N) is 1. The number of aromatic hydroxyl groups is 1. The average Bonchev–Trinajstić information content (AvgIpc) is 2.62. The van der Waals surface area contributed by atoms with Crippen LogP contribution in [0, 0.1) is 10.1 Å². The van der Waals surface area contributed by atoms with Gasteiger partial charge in [0.05, 0.1) is 10.6 Å². The molecule has 0 atom stereocenters. The third kappa shape index (κ3) is 3.13. The Morgan fingerprint density at radius 3 is 2.42 bits per heavy atom. The molecule has 0 aliphatic heterocycles. The van der Waals surface area contributed by atoms with E-state index in [1.54, 1.807) is 36.4 Å². The molecule has 9 heteroatoms. The predicted octanol–water partition coefficient (Wildman–Crippen LogP) is 1.89. The molecule has 26 heavy (non-hydrogen) atoms. The average molecular weight is 352 g/mol. The van der Waals surface area contributed by atoms with E-state index in [1.807, 2.05) is 0 Å². The molecule has 0 amide bonds. The van der Waals surface area contributed by atoms with Crippen molar-refractivity contribution in [2.75, 3.05) is 0 Å². The van der Waals surface area contributed by atoms with Crippen molar-refractivity contribution >= 4 is 17.6 Å². The first kappa shape index (κ1) is 16.8. The molecule has 9 nitrogen and oxygen atoms in total. The van der Waals surface area contributed by atoms with E-state index in [-0.39, 0.29) is 16.9 Å². The fourth-order valence-electron chi connectivity index (χ4n) is 2.33. The number of rotatable bonds is 4. The number of H-pyrrole nitrogens is 1. The van der Waals surface area contributed by atoms with Gasteiger partial charge in [-0.25, -0.2) is 14.4 Å². The third-order valence-electron chi connectivity index (χ3n) is 3.55. The summed E-state index contributed by atoms with van der Waals surface area (Å²) in [5.41, 5.74) is -1.88. The van der Waals surface area contributed by atoms with Crippen molar-refractivity contribution < 1.29 is 10.0 Å². The number of aromatic nitrogens is 2. The third-order valence-corrected chi connectivity index (χ3v) is 3.55. The maximum Gasteiger partial charge on any atom is 0.335 e. The van der Waals surface area contributed by atoms with Gasteiger partial charge in [0.25, 0.3) is 11.2 Å². The molecule has 0 spiro atoms. The molecule has 0 unspecified atom stereocenters. The maximum absolute atomic E-state index is 12.0. The van der Waals surface area contributed by atoms with Crippen molar-refractivity contribution in [1.29, 1.82) is 0 Å². The van der Waals surface area contributed by atoms with Crippen molar-refractivity contribution in [1.82, 2.24) is 9.55 Å². The highest BCUT2D eigenvalue weighted by Gasteiger charge is 2.15. The maximum atomic E-state index is 12.0. The van der Waals surface area contributed by atoms with E-state index in [0.717, 1.165) is 10.8 Å². The molecule has 130 valence electrons.